The number of rotatable bonds is 3. The first-order valence-corrected chi connectivity index (χ1v) is 5.65. The molecule has 0 aliphatic carbocycles. The van der Waals surface area contributed by atoms with Crippen molar-refractivity contribution in [2.24, 2.45) is 0 Å². The molecule has 1 aliphatic rings. The minimum Gasteiger partial charge on any atom is -0.486 e. The van der Waals surface area contributed by atoms with Gasteiger partial charge in [0.05, 0.1) is 23.8 Å². The fourth-order valence-corrected chi connectivity index (χ4v) is 2.12. The minimum absolute atomic E-state index is 0.0441. The minimum atomic E-state index is -0.0441. The second kappa shape index (κ2) is 5.04. The number of ether oxygens (including phenoxy) is 2. The van der Waals surface area contributed by atoms with Crippen molar-refractivity contribution in [3.05, 3.63) is 27.7 Å². The van der Waals surface area contributed by atoms with Crippen LogP contribution >= 0.6 is 23.2 Å². The van der Waals surface area contributed by atoms with Crippen molar-refractivity contribution in [1.82, 2.24) is 0 Å². The van der Waals surface area contributed by atoms with Crippen LogP contribution in [0.1, 0.15) is 16.8 Å². The Labute approximate surface area is 103 Å². The molecule has 2 rings (SSSR count). The van der Waals surface area contributed by atoms with Crippen molar-refractivity contribution in [3.63, 3.8) is 0 Å². The van der Waals surface area contributed by atoms with Gasteiger partial charge in [-0.25, -0.2) is 0 Å². The average molecular weight is 261 g/mol. The fraction of sp³-hybridized carbons (Fsp3) is 0.364. The van der Waals surface area contributed by atoms with Crippen molar-refractivity contribution >= 4 is 29.5 Å². The molecular formula is C11H10Cl2O3. The molecule has 5 heteroatoms. The van der Waals surface area contributed by atoms with Gasteiger partial charge in [-0.05, 0) is 12.1 Å². The summed E-state index contributed by atoms with van der Waals surface area (Å²) in [6, 6.07) is 3.09. The van der Waals surface area contributed by atoms with Crippen molar-refractivity contribution in [2.75, 3.05) is 13.2 Å². The van der Waals surface area contributed by atoms with E-state index in [9.17, 15) is 4.79 Å². The summed E-state index contributed by atoms with van der Waals surface area (Å²) < 4.78 is 10.8. The number of benzene rings is 1. The molecule has 1 fully saturated rings. The summed E-state index contributed by atoms with van der Waals surface area (Å²) in [6.45, 7) is 1.20. The first-order chi connectivity index (χ1) is 7.70. The Hall–Kier alpha value is -0.770. The van der Waals surface area contributed by atoms with Gasteiger partial charge < -0.3 is 9.47 Å². The summed E-state index contributed by atoms with van der Waals surface area (Å²) in [5.41, 5.74) is 0.365. The molecule has 0 spiro atoms. The Balaban J connectivity index is 2.27. The van der Waals surface area contributed by atoms with Gasteiger partial charge in [-0.3, -0.25) is 4.79 Å². The highest BCUT2D eigenvalue weighted by Gasteiger charge is 2.20. The standard InChI is InChI=1S/C11H10Cl2O3/c12-8-3-7(5-14)11(10(13)4-8)16-9-1-2-15-6-9/h3-5,9H,1-2,6H2. The normalized spacial score (nSPS) is 19.8. The van der Waals surface area contributed by atoms with E-state index in [0.29, 0.717) is 40.9 Å². The Bertz CT molecular complexity index is 400. The zero-order valence-electron chi connectivity index (χ0n) is 8.41. The summed E-state index contributed by atoms with van der Waals surface area (Å²) in [5.74, 6) is 0.386. The highest BCUT2D eigenvalue weighted by molar-refractivity contribution is 6.36. The number of carbonyl (C=O) groups excluding carboxylic acids is 1. The molecule has 0 saturated carbocycles. The van der Waals surface area contributed by atoms with Gasteiger partial charge in [0, 0.05) is 11.4 Å². The summed E-state index contributed by atoms with van der Waals surface area (Å²) in [5, 5.41) is 0.767. The molecule has 1 aromatic rings. The van der Waals surface area contributed by atoms with E-state index in [0.717, 1.165) is 6.42 Å². The topological polar surface area (TPSA) is 35.5 Å². The van der Waals surface area contributed by atoms with Crippen LogP contribution in [-0.4, -0.2) is 25.6 Å². The van der Waals surface area contributed by atoms with Crippen LogP contribution < -0.4 is 4.74 Å². The average Bonchev–Trinajstić information content (AvgIpc) is 2.74. The highest BCUT2D eigenvalue weighted by Crippen LogP contribution is 2.33. The molecule has 0 N–H and O–H groups in total. The van der Waals surface area contributed by atoms with Gasteiger partial charge in [-0.2, -0.15) is 0 Å². The first kappa shape index (κ1) is 11.7. The zero-order chi connectivity index (χ0) is 11.5. The molecule has 16 heavy (non-hydrogen) atoms. The predicted molar refractivity (Wildman–Crippen MR) is 61.7 cm³/mol. The quantitative estimate of drug-likeness (QED) is 0.784. The Morgan fingerprint density at radius 1 is 1.44 bits per heavy atom. The SMILES string of the molecule is O=Cc1cc(Cl)cc(Cl)c1OC1CCOC1. The lowest BCUT2D eigenvalue weighted by molar-refractivity contribution is 0.111. The lowest BCUT2D eigenvalue weighted by Crippen LogP contribution is -2.16. The van der Waals surface area contributed by atoms with Crippen molar-refractivity contribution < 1.29 is 14.3 Å². The Morgan fingerprint density at radius 2 is 2.25 bits per heavy atom. The van der Waals surface area contributed by atoms with Gasteiger partial charge >= 0.3 is 0 Å². The number of halogens is 2. The molecular weight excluding hydrogens is 251 g/mol. The molecule has 86 valence electrons. The van der Waals surface area contributed by atoms with E-state index in [4.69, 9.17) is 32.7 Å². The second-order valence-electron chi connectivity index (χ2n) is 3.53. The molecule has 1 aliphatic heterocycles. The maximum Gasteiger partial charge on any atom is 0.153 e. The van der Waals surface area contributed by atoms with E-state index in [2.05, 4.69) is 0 Å². The van der Waals surface area contributed by atoms with Crippen LogP contribution in [0.2, 0.25) is 10.0 Å². The lowest BCUT2D eigenvalue weighted by atomic mass is 10.2. The van der Waals surface area contributed by atoms with E-state index >= 15 is 0 Å². The molecule has 1 saturated heterocycles. The summed E-state index contributed by atoms with van der Waals surface area (Å²) in [4.78, 5) is 10.9. The first-order valence-electron chi connectivity index (χ1n) is 4.89. The van der Waals surface area contributed by atoms with Gasteiger partial charge in [-0.1, -0.05) is 23.2 Å². The lowest BCUT2D eigenvalue weighted by Gasteiger charge is -2.15. The number of hydrogen-bond donors (Lipinski definition) is 0. The van der Waals surface area contributed by atoms with E-state index in [1.54, 1.807) is 6.07 Å². The van der Waals surface area contributed by atoms with Crippen LogP contribution in [0.15, 0.2) is 12.1 Å². The third kappa shape index (κ3) is 2.48. The Kier molecular flexibility index (Phi) is 3.69. The summed E-state index contributed by atoms with van der Waals surface area (Å²) in [7, 11) is 0. The van der Waals surface area contributed by atoms with Gasteiger partial charge in [0.2, 0.25) is 0 Å². The van der Waals surface area contributed by atoms with Crippen LogP contribution in [0, 0.1) is 0 Å². The molecule has 0 radical (unpaired) electrons. The van der Waals surface area contributed by atoms with Crippen molar-refractivity contribution in [2.45, 2.75) is 12.5 Å². The van der Waals surface area contributed by atoms with Crippen molar-refractivity contribution in [3.8, 4) is 5.75 Å². The molecule has 0 amide bonds. The largest absolute Gasteiger partial charge is 0.486 e. The molecule has 1 heterocycles. The molecule has 3 nitrogen and oxygen atoms in total. The predicted octanol–water partition coefficient (Wildman–Crippen LogP) is 2.97. The zero-order valence-corrected chi connectivity index (χ0v) is 9.92. The van der Waals surface area contributed by atoms with E-state index in [-0.39, 0.29) is 6.10 Å². The highest BCUT2D eigenvalue weighted by atomic mass is 35.5. The number of aldehydes is 1. The summed E-state index contributed by atoms with van der Waals surface area (Å²) in [6.07, 6.45) is 1.44. The smallest absolute Gasteiger partial charge is 0.153 e. The van der Waals surface area contributed by atoms with Crippen LogP contribution in [0.3, 0.4) is 0 Å². The third-order valence-corrected chi connectivity index (χ3v) is 2.84. The molecule has 1 aromatic carbocycles. The number of hydrogen-bond acceptors (Lipinski definition) is 3. The Morgan fingerprint density at radius 3 is 2.88 bits per heavy atom. The van der Waals surface area contributed by atoms with E-state index < -0.39 is 0 Å². The second-order valence-corrected chi connectivity index (χ2v) is 4.37. The third-order valence-electron chi connectivity index (χ3n) is 2.34. The maximum atomic E-state index is 10.9. The van der Waals surface area contributed by atoms with Crippen molar-refractivity contribution in [1.29, 1.82) is 0 Å². The molecule has 1 atom stereocenters. The molecule has 1 unspecified atom stereocenters. The maximum absolute atomic E-state index is 10.9. The summed E-state index contributed by atoms with van der Waals surface area (Å²) >= 11 is 11.8. The van der Waals surface area contributed by atoms with Gasteiger partial charge in [0.25, 0.3) is 0 Å². The van der Waals surface area contributed by atoms with Gasteiger partial charge in [-0.15, -0.1) is 0 Å². The molecule has 0 aromatic heterocycles. The van der Waals surface area contributed by atoms with Crippen LogP contribution in [0.5, 0.6) is 5.75 Å². The van der Waals surface area contributed by atoms with Crippen LogP contribution in [0.4, 0.5) is 0 Å². The van der Waals surface area contributed by atoms with Gasteiger partial charge in [0.1, 0.15) is 11.9 Å². The number of carbonyl (C=O) groups is 1. The van der Waals surface area contributed by atoms with Crippen LogP contribution in [-0.2, 0) is 4.74 Å². The van der Waals surface area contributed by atoms with Gasteiger partial charge in [0.15, 0.2) is 6.29 Å². The molecule has 0 bridgehead atoms. The van der Waals surface area contributed by atoms with E-state index in [1.165, 1.54) is 6.07 Å². The van der Waals surface area contributed by atoms with E-state index in [1.807, 2.05) is 0 Å². The monoisotopic (exact) mass is 260 g/mol. The van der Waals surface area contributed by atoms with Crippen LogP contribution in [0.25, 0.3) is 0 Å². The fourth-order valence-electron chi connectivity index (χ4n) is 1.56.